The van der Waals surface area contributed by atoms with Crippen molar-refractivity contribution in [1.82, 2.24) is 0 Å². The summed E-state index contributed by atoms with van der Waals surface area (Å²) < 4.78 is 2.11. The molecule has 0 fully saturated rings. The molecule has 0 saturated heterocycles. The number of thiophene rings is 1. The molecule has 4 heteroatoms. The highest BCUT2D eigenvalue weighted by Crippen LogP contribution is 2.28. The molecule has 0 amide bonds. The van der Waals surface area contributed by atoms with E-state index < -0.39 is 6.10 Å². The lowest BCUT2D eigenvalue weighted by molar-refractivity contribution is 0.179. The number of hydrogen-bond donors (Lipinski definition) is 1. The molecule has 0 spiro atoms. The smallest absolute Gasteiger partial charge is 0.0838 e. The number of rotatable bonds is 3. The van der Waals surface area contributed by atoms with Crippen LogP contribution < -0.4 is 0 Å². The summed E-state index contributed by atoms with van der Waals surface area (Å²) in [6, 6.07) is 9.78. The maximum absolute atomic E-state index is 10.1. The van der Waals surface area contributed by atoms with E-state index in [0.29, 0.717) is 6.42 Å². The quantitative estimate of drug-likeness (QED) is 0.850. The molecule has 1 N–H and O–H groups in total. The van der Waals surface area contributed by atoms with Gasteiger partial charge in [-0.1, -0.05) is 28.1 Å². The van der Waals surface area contributed by atoms with Crippen molar-refractivity contribution in [3.05, 3.63) is 55.1 Å². The summed E-state index contributed by atoms with van der Waals surface area (Å²) in [6.45, 7) is 0. The molecule has 1 aromatic heterocycles. The Hall–Kier alpha value is -0.160. The normalized spacial score (nSPS) is 12.7. The molecule has 1 unspecified atom stereocenters. The molecule has 0 aliphatic carbocycles. The SMILES string of the molecule is OC(Cc1sccc1Br)c1ccc(Br)cc1. The lowest BCUT2D eigenvalue weighted by Gasteiger charge is -2.10. The topological polar surface area (TPSA) is 20.2 Å². The van der Waals surface area contributed by atoms with E-state index in [9.17, 15) is 5.11 Å². The van der Waals surface area contributed by atoms with Crippen molar-refractivity contribution < 1.29 is 5.11 Å². The first-order chi connectivity index (χ1) is 7.66. The number of benzene rings is 1. The Labute approximate surface area is 115 Å². The average molecular weight is 362 g/mol. The van der Waals surface area contributed by atoms with E-state index in [0.717, 1.165) is 14.5 Å². The third-order valence-electron chi connectivity index (χ3n) is 2.32. The van der Waals surface area contributed by atoms with Crippen molar-refractivity contribution in [2.75, 3.05) is 0 Å². The maximum atomic E-state index is 10.1. The fraction of sp³-hybridized carbons (Fsp3) is 0.167. The van der Waals surface area contributed by atoms with Gasteiger partial charge < -0.3 is 5.11 Å². The maximum Gasteiger partial charge on any atom is 0.0838 e. The van der Waals surface area contributed by atoms with E-state index in [2.05, 4.69) is 31.9 Å². The molecule has 16 heavy (non-hydrogen) atoms. The molecule has 84 valence electrons. The molecular formula is C12H10Br2OS. The van der Waals surface area contributed by atoms with Crippen LogP contribution in [0.4, 0.5) is 0 Å². The molecule has 0 aliphatic rings. The van der Waals surface area contributed by atoms with Crippen molar-refractivity contribution >= 4 is 43.2 Å². The van der Waals surface area contributed by atoms with E-state index in [-0.39, 0.29) is 0 Å². The number of hydrogen-bond acceptors (Lipinski definition) is 2. The lowest BCUT2D eigenvalue weighted by atomic mass is 10.1. The van der Waals surface area contributed by atoms with Gasteiger partial charge in [-0.25, -0.2) is 0 Å². The Morgan fingerprint density at radius 1 is 1.12 bits per heavy atom. The summed E-state index contributed by atoms with van der Waals surface area (Å²) in [5, 5.41) is 12.1. The first-order valence-corrected chi connectivity index (χ1v) is 7.29. The van der Waals surface area contributed by atoms with Gasteiger partial charge in [0.05, 0.1) is 6.10 Å². The molecule has 0 radical (unpaired) electrons. The summed E-state index contributed by atoms with van der Waals surface area (Å²) in [4.78, 5) is 1.18. The van der Waals surface area contributed by atoms with Crippen molar-refractivity contribution in [3.63, 3.8) is 0 Å². The van der Waals surface area contributed by atoms with Gasteiger partial charge in [0.25, 0.3) is 0 Å². The van der Waals surface area contributed by atoms with Crippen molar-refractivity contribution in [2.24, 2.45) is 0 Å². The Bertz CT molecular complexity index is 464. The summed E-state index contributed by atoms with van der Waals surface area (Å²) in [7, 11) is 0. The largest absolute Gasteiger partial charge is 0.388 e. The van der Waals surface area contributed by atoms with Gasteiger partial charge in [-0.15, -0.1) is 11.3 Å². The predicted molar refractivity (Wildman–Crippen MR) is 74.8 cm³/mol. The Balaban J connectivity index is 2.11. The molecule has 2 rings (SSSR count). The van der Waals surface area contributed by atoms with E-state index in [1.807, 2.05) is 35.7 Å². The standard InChI is InChI=1S/C12H10Br2OS/c13-9-3-1-8(2-4-9)11(15)7-12-10(14)5-6-16-12/h1-6,11,15H,7H2. The average Bonchev–Trinajstić information content (AvgIpc) is 2.65. The van der Waals surface area contributed by atoms with Crippen LogP contribution in [0.15, 0.2) is 44.7 Å². The minimum Gasteiger partial charge on any atom is -0.388 e. The van der Waals surface area contributed by atoms with Crippen molar-refractivity contribution in [1.29, 1.82) is 0 Å². The molecule has 0 bridgehead atoms. The van der Waals surface area contributed by atoms with Crippen LogP contribution in [0.2, 0.25) is 0 Å². The van der Waals surface area contributed by atoms with Crippen LogP contribution in [0, 0.1) is 0 Å². The summed E-state index contributed by atoms with van der Waals surface area (Å²) >= 11 is 8.51. The Kier molecular flexibility index (Phi) is 4.19. The second kappa shape index (κ2) is 5.45. The number of halogens is 2. The third kappa shape index (κ3) is 2.94. The molecular weight excluding hydrogens is 352 g/mol. The lowest BCUT2D eigenvalue weighted by Crippen LogP contribution is -2.00. The van der Waals surface area contributed by atoms with E-state index in [1.54, 1.807) is 11.3 Å². The minimum absolute atomic E-state index is 0.442. The highest BCUT2D eigenvalue weighted by atomic mass is 79.9. The monoisotopic (exact) mass is 360 g/mol. The van der Waals surface area contributed by atoms with Crippen molar-refractivity contribution in [2.45, 2.75) is 12.5 Å². The fourth-order valence-electron chi connectivity index (χ4n) is 1.45. The summed E-state index contributed by atoms with van der Waals surface area (Å²) in [5.74, 6) is 0. The van der Waals surface area contributed by atoms with E-state index >= 15 is 0 Å². The number of aliphatic hydroxyl groups is 1. The van der Waals surface area contributed by atoms with E-state index in [4.69, 9.17) is 0 Å². The van der Waals surface area contributed by atoms with Crippen LogP contribution in [0.1, 0.15) is 16.5 Å². The van der Waals surface area contributed by atoms with Crippen LogP contribution in [0.25, 0.3) is 0 Å². The van der Waals surface area contributed by atoms with Gasteiger partial charge in [0.15, 0.2) is 0 Å². The minimum atomic E-state index is -0.442. The zero-order valence-electron chi connectivity index (χ0n) is 8.36. The third-order valence-corrected chi connectivity index (χ3v) is 4.80. The van der Waals surface area contributed by atoms with Gasteiger partial charge >= 0.3 is 0 Å². The number of aliphatic hydroxyl groups excluding tert-OH is 1. The molecule has 1 atom stereocenters. The predicted octanol–water partition coefficient (Wildman–Crippen LogP) is 4.55. The van der Waals surface area contributed by atoms with Gasteiger partial charge in [0.2, 0.25) is 0 Å². The van der Waals surface area contributed by atoms with Crippen LogP contribution in [0.3, 0.4) is 0 Å². The van der Waals surface area contributed by atoms with Crippen LogP contribution in [-0.2, 0) is 6.42 Å². The molecule has 1 nitrogen and oxygen atoms in total. The Morgan fingerprint density at radius 3 is 2.38 bits per heavy atom. The molecule has 1 heterocycles. The van der Waals surface area contributed by atoms with Gasteiger partial charge in [0, 0.05) is 20.2 Å². The zero-order chi connectivity index (χ0) is 11.5. The summed E-state index contributed by atoms with van der Waals surface area (Å²) in [5.41, 5.74) is 0.948. The second-order valence-corrected chi connectivity index (χ2v) is 6.23. The van der Waals surface area contributed by atoms with Gasteiger partial charge in [-0.05, 0) is 45.1 Å². The van der Waals surface area contributed by atoms with Crippen LogP contribution in [-0.4, -0.2) is 5.11 Å². The molecule has 1 aromatic carbocycles. The highest BCUT2D eigenvalue weighted by Gasteiger charge is 2.11. The molecule has 0 saturated carbocycles. The van der Waals surface area contributed by atoms with Gasteiger partial charge in [-0.3, -0.25) is 0 Å². The van der Waals surface area contributed by atoms with Crippen LogP contribution in [0.5, 0.6) is 0 Å². The first-order valence-electron chi connectivity index (χ1n) is 4.82. The molecule has 0 aliphatic heterocycles. The van der Waals surface area contributed by atoms with Crippen molar-refractivity contribution in [3.8, 4) is 0 Å². The highest BCUT2D eigenvalue weighted by molar-refractivity contribution is 9.10. The zero-order valence-corrected chi connectivity index (χ0v) is 12.3. The fourth-order valence-corrected chi connectivity index (χ4v) is 3.27. The van der Waals surface area contributed by atoms with Crippen LogP contribution >= 0.6 is 43.2 Å². The summed E-state index contributed by atoms with van der Waals surface area (Å²) in [6.07, 6.45) is 0.211. The second-order valence-electron chi connectivity index (χ2n) is 3.46. The van der Waals surface area contributed by atoms with Gasteiger partial charge in [0.1, 0.15) is 0 Å². The Morgan fingerprint density at radius 2 is 1.81 bits per heavy atom. The first kappa shape index (κ1) is 12.3. The van der Waals surface area contributed by atoms with Gasteiger partial charge in [-0.2, -0.15) is 0 Å². The van der Waals surface area contributed by atoms with E-state index in [1.165, 1.54) is 4.88 Å². The molecule has 2 aromatic rings.